The van der Waals surface area contributed by atoms with Gasteiger partial charge in [-0.1, -0.05) is 19.8 Å². The van der Waals surface area contributed by atoms with Crippen molar-refractivity contribution in [3.05, 3.63) is 18.2 Å². The lowest BCUT2D eigenvalue weighted by Crippen LogP contribution is -2.38. The van der Waals surface area contributed by atoms with Crippen molar-refractivity contribution < 1.29 is 13.2 Å². The zero-order chi connectivity index (χ0) is 15.5. The smallest absolute Gasteiger partial charge is 0.246 e. The monoisotopic (exact) mass is 312 g/mol. The van der Waals surface area contributed by atoms with Crippen molar-refractivity contribution >= 4 is 15.7 Å². The molecule has 0 spiro atoms. The lowest BCUT2D eigenvalue weighted by Gasteiger charge is -2.31. The first kappa shape index (κ1) is 16.1. The summed E-state index contributed by atoms with van der Waals surface area (Å²) in [5, 5.41) is 0. The summed E-state index contributed by atoms with van der Waals surface area (Å²) in [6, 6.07) is 4.73. The van der Waals surface area contributed by atoms with Gasteiger partial charge in [-0.2, -0.15) is 4.31 Å². The van der Waals surface area contributed by atoms with E-state index >= 15 is 0 Å². The summed E-state index contributed by atoms with van der Waals surface area (Å²) in [5.41, 5.74) is 6.16. The van der Waals surface area contributed by atoms with E-state index in [1.807, 2.05) is 0 Å². The Morgan fingerprint density at radius 2 is 2.00 bits per heavy atom. The summed E-state index contributed by atoms with van der Waals surface area (Å²) < 4.78 is 32.3. The number of ether oxygens (including phenoxy) is 1. The van der Waals surface area contributed by atoms with Gasteiger partial charge in [0.1, 0.15) is 10.6 Å². The van der Waals surface area contributed by atoms with E-state index in [1.54, 1.807) is 16.4 Å². The molecule has 21 heavy (non-hydrogen) atoms. The van der Waals surface area contributed by atoms with Crippen LogP contribution in [0.4, 0.5) is 5.69 Å². The Morgan fingerprint density at radius 3 is 2.57 bits per heavy atom. The van der Waals surface area contributed by atoms with Crippen LogP contribution >= 0.6 is 0 Å². The number of hydrogen-bond acceptors (Lipinski definition) is 4. The Bertz CT molecular complexity index is 579. The molecule has 0 aromatic heterocycles. The second-order valence-corrected chi connectivity index (χ2v) is 7.45. The van der Waals surface area contributed by atoms with Crippen LogP contribution in [-0.4, -0.2) is 32.9 Å². The molecule has 0 bridgehead atoms. The summed E-state index contributed by atoms with van der Waals surface area (Å²) in [4.78, 5) is 0.166. The van der Waals surface area contributed by atoms with Crippen molar-refractivity contribution in [1.82, 2.24) is 4.31 Å². The second kappa shape index (κ2) is 6.66. The van der Waals surface area contributed by atoms with Gasteiger partial charge in [0.25, 0.3) is 0 Å². The van der Waals surface area contributed by atoms with Crippen LogP contribution in [0.1, 0.15) is 32.6 Å². The van der Waals surface area contributed by atoms with Gasteiger partial charge in [0.05, 0.1) is 7.11 Å². The molecule has 0 saturated carbocycles. The van der Waals surface area contributed by atoms with Crippen molar-refractivity contribution in [2.45, 2.75) is 37.5 Å². The first-order valence-electron chi connectivity index (χ1n) is 7.42. The average molecular weight is 312 g/mol. The van der Waals surface area contributed by atoms with Crippen molar-refractivity contribution in [2.75, 3.05) is 25.9 Å². The van der Waals surface area contributed by atoms with Crippen LogP contribution in [0.2, 0.25) is 0 Å². The van der Waals surface area contributed by atoms with Gasteiger partial charge in [0.2, 0.25) is 10.0 Å². The average Bonchev–Trinajstić information content (AvgIpc) is 2.48. The molecule has 0 atom stereocenters. The Morgan fingerprint density at radius 1 is 1.33 bits per heavy atom. The third kappa shape index (κ3) is 3.49. The molecule has 5 nitrogen and oxygen atoms in total. The minimum absolute atomic E-state index is 0.166. The van der Waals surface area contributed by atoms with E-state index in [-0.39, 0.29) is 4.90 Å². The Balaban J connectivity index is 2.21. The van der Waals surface area contributed by atoms with Gasteiger partial charge < -0.3 is 10.5 Å². The molecule has 1 heterocycles. The maximum Gasteiger partial charge on any atom is 0.246 e. The lowest BCUT2D eigenvalue weighted by molar-refractivity contribution is 0.261. The molecule has 1 fully saturated rings. The van der Waals surface area contributed by atoms with Crippen LogP contribution in [-0.2, 0) is 10.0 Å². The fourth-order valence-corrected chi connectivity index (χ4v) is 4.54. The fraction of sp³-hybridized carbons (Fsp3) is 0.600. The molecule has 0 radical (unpaired) electrons. The molecule has 1 aliphatic heterocycles. The normalized spacial score (nSPS) is 17.8. The molecule has 0 aliphatic carbocycles. The van der Waals surface area contributed by atoms with E-state index in [0.29, 0.717) is 30.4 Å². The third-order valence-electron chi connectivity index (χ3n) is 4.08. The number of anilines is 1. The van der Waals surface area contributed by atoms with E-state index in [4.69, 9.17) is 10.5 Å². The molecule has 1 aliphatic rings. The summed E-state index contributed by atoms with van der Waals surface area (Å²) >= 11 is 0. The summed E-state index contributed by atoms with van der Waals surface area (Å²) in [6.45, 7) is 3.32. The number of nitrogen functional groups attached to an aromatic ring is 1. The van der Waals surface area contributed by atoms with Crippen molar-refractivity contribution in [3.8, 4) is 5.75 Å². The maximum absolute atomic E-state index is 12.8. The first-order valence-corrected chi connectivity index (χ1v) is 8.86. The molecule has 1 aromatic rings. The first-order chi connectivity index (χ1) is 9.98. The number of methoxy groups -OCH3 is 1. The topological polar surface area (TPSA) is 72.6 Å². The zero-order valence-electron chi connectivity index (χ0n) is 12.7. The SMILES string of the molecule is CCCC1CCN(S(=O)(=O)c2cc(N)ccc2OC)CC1. The van der Waals surface area contributed by atoms with E-state index in [1.165, 1.54) is 19.6 Å². The van der Waals surface area contributed by atoms with Crippen LogP contribution in [0.15, 0.2) is 23.1 Å². The highest BCUT2D eigenvalue weighted by atomic mass is 32.2. The predicted molar refractivity (Wildman–Crippen MR) is 83.8 cm³/mol. The molecule has 0 amide bonds. The van der Waals surface area contributed by atoms with E-state index in [2.05, 4.69) is 6.92 Å². The molecule has 6 heteroatoms. The molecule has 118 valence electrons. The summed E-state index contributed by atoms with van der Waals surface area (Å²) in [7, 11) is -2.07. The number of nitrogens with zero attached hydrogens (tertiary/aromatic N) is 1. The molecular weight excluding hydrogens is 288 g/mol. The van der Waals surface area contributed by atoms with Gasteiger partial charge in [-0.05, 0) is 37.0 Å². The second-order valence-electron chi connectivity index (χ2n) is 5.55. The third-order valence-corrected chi connectivity index (χ3v) is 6.00. The standard InChI is InChI=1S/C15H24N2O3S/c1-3-4-12-7-9-17(10-8-12)21(18,19)15-11-13(16)5-6-14(15)20-2/h5-6,11-12H,3-4,7-10,16H2,1-2H3. The highest BCUT2D eigenvalue weighted by Gasteiger charge is 2.31. The largest absolute Gasteiger partial charge is 0.495 e. The molecule has 0 unspecified atom stereocenters. The molecule has 2 rings (SSSR count). The number of piperidine rings is 1. The van der Waals surface area contributed by atoms with Crippen molar-refractivity contribution in [1.29, 1.82) is 0 Å². The molecule has 2 N–H and O–H groups in total. The summed E-state index contributed by atoms with van der Waals surface area (Å²) in [6.07, 6.45) is 4.19. The maximum atomic E-state index is 12.8. The minimum Gasteiger partial charge on any atom is -0.495 e. The number of benzene rings is 1. The van der Waals surface area contributed by atoms with E-state index in [9.17, 15) is 8.42 Å². The fourth-order valence-electron chi connectivity index (χ4n) is 2.88. The van der Waals surface area contributed by atoms with Gasteiger partial charge in [0.15, 0.2) is 0 Å². The molecule has 1 saturated heterocycles. The van der Waals surface area contributed by atoms with Crippen LogP contribution in [0.5, 0.6) is 5.75 Å². The quantitative estimate of drug-likeness (QED) is 0.848. The van der Waals surface area contributed by atoms with Gasteiger partial charge in [-0.3, -0.25) is 0 Å². The van der Waals surface area contributed by atoms with Crippen LogP contribution < -0.4 is 10.5 Å². The van der Waals surface area contributed by atoms with Crippen molar-refractivity contribution in [3.63, 3.8) is 0 Å². The number of sulfonamides is 1. The minimum atomic E-state index is -3.54. The number of rotatable bonds is 5. The molecule has 1 aromatic carbocycles. The highest BCUT2D eigenvalue weighted by molar-refractivity contribution is 7.89. The Kier molecular flexibility index (Phi) is 5.11. The van der Waals surface area contributed by atoms with Gasteiger partial charge in [0, 0.05) is 18.8 Å². The summed E-state index contributed by atoms with van der Waals surface area (Å²) in [5.74, 6) is 0.990. The van der Waals surface area contributed by atoms with Crippen LogP contribution in [0, 0.1) is 5.92 Å². The van der Waals surface area contributed by atoms with E-state index < -0.39 is 10.0 Å². The van der Waals surface area contributed by atoms with E-state index in [0.717, 1.165) is 19.3 Å². The van der Waals surface area contributed by atoms with Crippen molar-refractivity contribution in [2.24, 2.45) is 5.92 Å². The van der Waals surface area contributed by atoms with Gasteiger partial charge in [-0.25, -0.2) is 8.42 Å². The highest BCUT2D eigenvalue weighted by Crippen LogP contribution is 2.31. The number of nitrogens with two attached hydrogens (primary N) is 1. The van der Waals surface area contributed by atoms with Crippen LogP contribution in [0.25, 0.3) is 0 Å². The van der Waals surface area contributed by atoms with Gasteiger partial charge >= 0.3 is 0 Å². The lowest BCUT2D eigenvalue weighted by atomic mass is 9.94. The van der Waals surface area contributed by atoms with Crippen LogP contribution in [0.3, 0.4) is 0 Å². The number of hydrogen-bond donors (Lipinski definition) is 1. The Labute approximate surface area is 127 Å². The predicted octanol–water partition coefficient (Wildman–Crippen LogP) is 2.48. The Hall–Kier alpha value is -1.27. The van der Waals surface area contributed by atoms with Gasteiger partial charge in [-0.15, -0.1) is 0 Å². The zero-order valence-corrected chi connectivity index (χ0v) is 13.5. The molecular formula is C15H24N2O3S.